The van der Waals surface area contributed by atoms with Crippen LogP contribution in [-0.2, 0) is 9.84 Å². The Kier molecular flexibility index (Phi) is 6.31. The van der Waals surface area contributed by atoms with Gasteiger partial charge in [0.2, 0.25) is 0 Å². The van der Waals surface area contributed by atoms with Gasteiger partial charge in [-0.3, -0.25) is 0 Å². The Hall–Kier alpha value is -0.130. The number of unbranched alkanes of at least 4 members (excludes halogenated alkanes) is 2. The molecule has 96 valence electrons. The van der Waals surface area contributed by atoms with Gasteiger partial charge in [-0.05, 0) is 45.9 Å². The van der Waals surface area contributed by atoms with Crippen molar-refractivity contribution in [2.75, 3.05) is 44.7 Å². The maximum Gasteiger partial charge on any atom is 0.151 e. The van der Waals surface area contributed by atoms with Crippen LogP contribution in [0.1, 0.15) is 25.7 Å². The standard InChI is InChI=1S/C11H24N2O2S/c1-12-6-3-2-4-7-13-8-5-10-16(14,15)11-9-13/h12H,2-11H2,1H3. The van der Waals surface area contributed by atoms with Crippen molar-refractivity contribution in [3.63, 3.8) is 0 Å². The molecule has 0 radical (unpaired) electrons. The summed E-state index contributed by atoms with van der Waals surface area (Å²) in [6, 6.07) is 0. The largest absolute Gasteiger partial charge is 0.320 e. The summed E-state index contributed by atoms with van der Waals surface area (Å²) in [5, 5.41) is 3.13. The number of hydrogen-bond donors (Lipinski definition) is 1. The van der Waals surface area contributed by atoms with Crippen LogP contribution >= 0.6 is 0 Å². The van der Waals surface area contributed by atoms with Gasteiger partial charge >= 0.3 is 0 Å². The van der Waals surface area contributed by atoms with E-state index in [2.05, 4.69) is 10.2 Å². The van der Waals surface area contributed by atoms with Gasteiger partial charge in [-0.1, -0.05) is 6.42 Å². The Morgan fingerprint density at radius 2 is 1.94 bits per heavy atom. The zero-order valence-corrected chi connectivity index (χ0v) is 11.1. The van der Waals surface area contributed by atoms with E-state index in [-0.39, 0.29) is 0 Å². The van der Waals surface area contributed by atoms with Gasteiger partial charge in [-0.15, -0.1) is 0 Å². The monoisotopic (exact) mass is 248 g/mol. The van der Waals surface area contributed by atoms with E-state index in [4.69, 9.17) is 0 Å². The van der Waals surface area contributed by atoms with Crippen molar-refractivity contribution in [3.05, 3.63) is 0 Å². The number of nitrogens with one attached hydrogen (secondary N) is 1. The molecule has 4 nitrogen and oxygen atoms in total. The highest BCUT2D eigenvalue weighted by Gasteiger charge is 2.18. The maximum absolute atomic E-state index is 11.4. The van der Waals surface area contributed by atoms with Gasteiger partial charge in [-0.25, -0.2) is 8.42 Å². The fourth-order valence-electron chi connectivity index (χ4n) is 2.03. The SMILES string of the molecule is CNCCCCCN1CCCS(=O)(=O)CC1. The summed E-state index contributed by atoms with van der Waals surface area (Å²) in [5.41, 5.74) is 0. The Morgan fingerprint density at radius 3 is 2.69 bits per heavy atom. The molecule has 0 aromatic rings. The van der Waals surface area contributed by atoms with Crippen LogP contribution in [0.5, 0.6) is 0 Å². The van der Waals surface area contributed by atoms with Crippen LogP contribution in [0.2, 0.25) is 0 Å². The quantitative estimate of drug-likeness (QED) is 0.695. The lowest BCUT2D eigenvalue weighted by Crippen LogP contribution is -2.28. The maximum atomic E-state index is 11.4. The molecule has 16 heavy (non-hydrogen) atoms. The first-order valence-electron chi connectivity index (χ1n) is 6.21. The first-order chi connectivity index (χ1) is 7.64. The van der Waals surface area contributed by atoms with Crippen molar-refractivity contribution >= 4 is 9.84 Å². The summed E-state index contributed by atoms with van der Waals surface area (Å²) < 4.78 is 22.8. The molecule has 1 N–H and O–H groups in total. The van der Waals surface area contributed by atoms with Gasteiger partial charge in [0, 0.05) is 6.54 Å². The van der Waals surface area contributed by atoms with E-state index >= 15 is 0 Å². The predicted molar refractivity (Wildman–Crippen MR) is 67.5 cm³/mol. The van der Waals surface area contributed by atoms with Crippen LogP contribution in [-0.4, -0.2) is 58.1 Å². The zero-order valence-electron chi connectivity index (χ0n) is 10.2. The minimum absolute atomic E-state index is 0.351. The van der Waals surface area contributed by atoms with Crippen molar-refractivity contribution in [1.29, 1.82) is 0 Å². The molecule has 0 bridgehead atoms. The summed E-state index contributed by atoms with van der Waals surface area (Å²) in [7, 11) is -0.771. The van der Waals surface area contributed by atoms with E-state index in [1.165, 1.54) is 19.3 Å². The van der Waals surface area contributed by atoms with Gasteiger partial charge in [0.1, 0.15) is 0 Å². The average molecular weight is 248 g/mol. The van der Waals surface area contributed by atoms with Crippen LogP contribution in [0.3, 0.4) is 0 Å². The van der Waals surface area contributed by atoms with E-state index < -0.39 is 9.84 Å². The summed E-state index contributed by atoms with van der Waals surface area (Å²) in [6.45, 7) is 3.81. The fraction of sp³-hybridized carbons (Fsp3) is 1.00. The van der Waals surface area contributed by atoms with Crippen molar-refractivity contribution in [2.24, 2.45) is 0 Å². The Morgan fingerprint density at radius 1 is 1.12 bits per heavy atom. The molecule has 1 saturated heterocycles. The molecule has 0 unspecified atom stereocenters. The molecule has 1 heterocycles. The molecule has 1 fully saturated rings. The highest BCUT2D eigenvalue weighted by atomic mass is 32.2. The van der Waals surface area contributed by atoms with Crippen molar-refractivity contribution in [3.8, 4) is 0 Å². The summed E-state index contributed by atoms with van der Waals surface area (Å²) in [4.78, 5) is 2.30. The topological polar surface area (TPSA) is 49.4 Å². The van der Waals surface area contributed by atoms with Crippen molar-refractivity contribution in [2.45, 2.75) is 25.7 Å². The van der Waals surface area contributed by atoms with Crippen LogP contribution in [0.15, 0.2) is 0 Å². The lowest BCUT2D eigenvalue weighted by atomic mass is 10.2. The minimum atomic E-state index is -2.74. The van der Waals surface area contributed by atoms with E-state index in [1.807, 2.05) is 7.05 Å². The van der Waals surface area contributed by atoms with Gasteiger partial charge < -0.3 is 10.2 Å². The first-order valence-corrected chi connectivity index (χ1v) is 8.03. The molecule has 1 aliphatic rings. The molecule has 1 aliphatic heterocycles. The number of hydrogen-bond acceptors (Lipinski definition) is 4. The Balaban J connectivity index is 2.13. The van der Waals surface area contributed by atoms with Crippen LogP contribution in [0.25, 0.3) is 0 Å². The molecule has 0 aliphatic carbocycles. The van der Waals surface area contributed by atoms with E-state index in [0.717, 1.165) is 32.6 Å². The molecular weight excluding hydrogens is 224 g/mol. The third-order valence-corrected chi connectivity index (χ3v) is 4.76. The third kappa shape index (κ3) is 5.82. The van der Waals surface area contributed by atoms with Crippen LogP contribution in [0, 0.1) is 0 Å². The van der Waals surface area contributed by atoms with Crippen LogP contribution in [0.4, 0.5) is 0 Å². The second-order valence-corrected chi connectivity index (χ2v) is 6.81. The highest BCUT2D eigenvalue weighted by Crippen LogP contribution is 2.06. The molecule has 1 rings (SSSR count). The second kappa shape index (κ2) is 7.25. The lowest BCUT2D eigenvalue weighted by molar-refractivity contribution is 0.287. The number of nitrogens with zero attached hydrogens (tertiary/aromatic N) is 1. The molecule has 0 spiro atoms. The summed E-state index contributed by atoms with van der Waals surface area (Å²) in [5.74, 6) is 0.729. The highest BCUT2D eigenvalue weighted by molar-refractivity contribution is 7.91. The van der Waals surface area contributed by atoms with Gasteiger partial charge in [0.25, 0.3) is 0 Å². The Labute approximate surface area is 99.3 Å². The number of rotatable bonds is 6. The molecule has 0 amide bonds. The summed E-state index contributed by atoms with van der Waals surface area (Å²) >= 11 is 0. The minimum Gasteiger partial charge on any atom is -0.320 e. The van der Waals surface area contributed by atoms with Gasteiger partial charge in [0.05, 0.1) is 11.5 Å². The molecule has 0 atom stereocenters. The first kappa shape index (κ1) is 13.9. The van der Waals surface area contributed by atoms with Crippen LogP contribution < -0.4 is 5.32 Å². The predicted octanol–water partition coefficient (Wildman–Crippen LogP) is 0.497. The van der Waals surface area contributed by atoms with E-state index in [1.54, 1.807) is 0 Å². The second-order valence-electron chi connectivity index (χ2n) is 4.51. The lowest BCUT2D eigenvalue weighted by Gasteiger charge is -2.18. The van der Waals surface area contributed by atoms with Crippen molar-refractivity contribution < 1.29 is 8.42 Å². The van der Waals surface area contributed by atoms with E-state index in [0.29, 0.717) is 11.5 Å². The smallest absolute Gasteiger partial charge is 0.151 e. The van der Waals surface area contributed by atoms with Gasteiger partial charge in [-0.2, -0.15) is 0 Å². The van der Waals surface area contributed by atoms with E-state index in [9.17, 15) is 8.42 Å². The zero-order chi connectivity index (χ0) is 11.9. The normalized spacial score (nSPS) is 21.8. The fourth-order valence-corrected chi connectivity index (χ4v) is 3.34. The average Bonchev–Trinajstić information content (AvgIpc) is 2.40. The van der Waals surface area contributed by atoms with Gasteiger partial charge in [0.15, 0.2) is 9.84 Å². The molecule has 0 saturated carbocycles. The summed E-state index contributed by atoms with van der Waals surface area (Å²) in [6.07, 6.45) is 4.42. The van der Waals surface area contributed by atoms with Crippen molar-refractivity contribution in [1.82, 2.24) is 10.2 Å². The third-order valence-electron chi connectivity index (χ3n) is 3.05. The molecular formula is C11H24N2O2S. The molecule has 0 aromatic carbocycles. The Bertz CT molecular complexity index is 278. The number of sulfone groups is 1. The molecule has 0 aromatic heterocycles. The molecule has 5 heteroatoms.